The predicted octanol–water partition coefficient (Wildman–Crippen LogP) is 2.41. The van der Waals surface area contributed by atoms with E-state index >= 15 is 0 Å². The molecule has 1 aliphatic rings. The molecule has 0 radical (unpaired) electrons. The van der Waals surface area contributed by atoms with E-state index in [1.54, 1.807) is 16.7 Å². The second kappa shape index (κ2) is 5.65. The van der Waals surface area contributed by atoms with Crippen molar-refractivity contribution < 1.29 is 9.53 Å². The van der Waals surface area contributed by atoms with Gasteiger partial charge in [0.25, 0.3) is 0 Å². The Morgan fingerprint density at radius 3 is 2.22 bits per heavy atom. The highest BCUT2D eigenvalue weighted by molar-refractivity contribution is 8.02. The third-order valence-electron chi connectivity index (χ3n) is 3.06. The quantitative estimate of drug-likeness (QED) is 0.792. The summed E-state index contributed by atoms with van der Waals surface area (Å²) in [6, 6.07) is 0. The van der Waals surface area contributed by atoms with E-state index in [2.05, 4.69) is 0 Å². The molecule has 0 saturated carbocycles. The first-order valence-corrected chi connectivity index (χ1v) is 7.66. The lowest BCUT2D eigenvalue weighted by atomic mass is 9.96. The number of carbonyl (C=O) groups excluding carboxylic acids is 1. The van der Waals surface area contributed by atoms with Crippen LogP contribution in [0.15, 0.2) is 0 Å². The van der Waals surface area contributed by atoms with E-state index in [9.17, 15) is 4.79 Å². The second-order valence-electron chi connectivity index (χ2n) is 5.53. The van der Waals surface area contributed by atoms with Gasteiger partial charge < -0.3 is 15.4 Å². The summed E-state index contributed by atoms with van der Waals surface area (Å²) in [7, 11) is 0. The van der Waals surface area contributed by atoms with Crippen molar-refractivity contribution in [2.75, 3.05) is 19.3 Å². The maximum atomic E-state index is 11.9. The van der Waals surface area contributed by atoms with Crippen molar-refractivity contribution in [1.82, 2.24) is 4.90 Å². The third-order valence-corrected chi connectivity index (χ3v) is 4.99. The fourth-order valence-corrected chi connectivity index (χ4v) is 3.17. The number of likely N-dealkylation sites (tertiary alicyclic amines) is 1. The van der Waals surface area contributed by atoms with Crippen LogP contribution in [0.5, 0.6) is 0 Å². The minimum atomic E-state index is -0.450. The highest BCUT2D eigenvalue weighted by Gasteiger charge is 2.38. The molecule has 0 aromatic heterocycles. The van der Waals surface area contributed by atoms with E-state index in [-0.39, 0.29) is 10.8 Å². The van der Waals surface area contributed by atoms with Gasteiger partial charge in [0.15, 0.2) is 0 Å². The molecule has 0 aliphatic carbocycles. The number of hydrogen-bond acceptors (Lipinski definition) is 4. The summed E-state index contributed by atoms with van der Waals surface area (Å²) in [4.78, 5) is 14.2. The van der Waals surface area contributed by atoms with Crippen LogP contribution in [-0.4, -0.2) is 45.7 Å². The Morgan fingerprint density at radius 2 is 1.89 bits per heavy atom. The molecule has 18 heavy (non-hydrogen) atoms. The number of carbonyl (C=O) groups is 1. The minimum Gasteiger partial charge on any atom is -0.444 e. The Labute approximate surface area is 119 Å². The number of ether oxygens (including phenoxy) is 1. The van der Waals surface area contributed by atoms with Crippen LogP contribution in [0.4, 0.5) is 4.79 Å². The van der Waals surface area contributed by atoms with Gasteiger partial charge in [0.1, 0.15) is 5.60 Å². The summed E-state index contributed by atoms with van der Waals surface area (Å²) in [5.41, 5.74) is 5.36. The van der Waals surface area contributed by atoms with Crippen LogP contribution >= 0.6 is 24.0 Å². The van der Waals surface area contributed by atoms with Gasteiger partial charge in [-0.15, -0.1) is 0 Å². The molecule has 0 aromatic rings. The fourth-order valence-electron chi connectivity index (χ4n) is 1.93. The van der Waals surface area contributed by atoms with E-state index in [1.165, 1.54) is 0 Å². The van der Waals surface area contributed by atoms with Crippen molar-refractivity contribution in [1.29, 1.82) is 0 Å². The molecule has 0 unspecified atom stereocenters. The van der Waals surface area contributed by atoms with Gasteiger partial charge in [-0.3, -0.25) is 0 Å². The average molecular weight is 290 g/mol. The van der Waals surface area contributed by atoms with Crippen LogP contribution < -0.4 is 5.73 Å². The SMILES string of the molecule is CSC1(C(N)=S)CCN(C(=O)OC(C)(C)C)CC1. The molecule has 1 fully saturated rings. The highest BCUT2D eigenvalue weighted by atomic mass is 32.2. The monoisotopic (exact) mass is 290 g/mol. The van der Waals surface area contributed by atoms with Crippen LogP contribution in [-0.2, 0) is 4.74 Å². The largest absolute Gasteiger partial charge is 0.444 e. The van der Waals surface area contributed by atoms with Crippen molar-refractivity contribution >= 4 is 35.1 Å². The molecule has 4 nitrogen and oxygen atoms in total. The van der Waals surface area contributed by atoms with Gasteiger partial charge in [0.2, 0.25) is 0 Å². The van der Waals surface area contributed by atoms with Crippen molar-refractivity contribution in [3.63, 3.8) is 0 Å². The Balaban J connectivity index is 2.58. The third kappa shape index (κ3) is 3.75. The van der Waals surface area contributed by atoms with E-state index < -0.39 is 5.60 Å². The van der Waals surface area contributed by atoms with Gasteiger partial charge in [0, 0.05) is 13.1 Å². The van der Waals surface area contributed by atoms with Gasteiger partial charge in [-0.25, -0.2) is 4.79 Å². The Morgan fingerprint density at radius 1 is 1.39 bits per heavy atom. The van der Waals surface area contributed by atoms with Crippen LogP contribution in [0.25, 0.3) is 0 Å². The number of piperidine rings is 1. The molecule has 0 atom stereocenters. The first-order valence-electron chi connectivity index (χ1n) is 6.03. The molecular weight excluding hydrogens is 268 g/mol. The zero-order valence-electron chi connectivity index (χ0n) is 11.5. The summed E-state index contributed by atoms with van der Waals surface area (Å²) in [6.07, 6.45) is 3.36. The van der Waals surface area contributed by atoms with Gasteiger partial charge in [-0.1, -0.05) is 12.2 Å². The van der Waals surface area contributed by atoms with Crippen LogP contribution in [0.3, 0.4) is 0 Å². The molecule has 104 valence electrons. The van der Waals surface area contributed by atoms with E-state index in [0.29, 0.717) is 18.1 Å². The number of nitrogens with two attached hydrogens (primary N) is 1. The molecule has 6 heteroatoms. The van der Waals surface area contributed by atoms with Crippen molar-refractivity contribution in [2.24, 2.45) is 5.73 Å². The van der Waals surface area contributed by atoms with E-state index in [4.69, 9.17) is 22.7 Å². The first-order chi connectivity index (χ1) is 8.20. The van der Waals surface area contributed by atoms with Gasteiger partial charge in [-0.05, 0) is 39.9 Å². The lowest BCUT2D eigenvalue weighted by molar-refractivity contribution is 0.0210. The number of thiocarbonyl (C=S) groups is 1. The van der Waals surface area contributed by atoms with Gasteiger partial charge in [-0.2, -0.15) is 11.8 Å². The summed E-state index contributed by atoms with van der Waals surface area (Å²) >= 11 is 6.82. The summed E-state index contributed by atoms with van der Waals surface area (Å²) in [6.45, 7) is 6.91. The molecule has 1 amide bonds. The van der Waals surface area contributed by atoms with E-state index in [1.807, 2.05) is 27.0 Å². The first kappa shape index (κ1) is 15.6. The predicted molar refractivity (Wildman–Crippen MR) is 80.1 cm³/mol. The van der Waals surface area contributed by atoms with Gasteiger partial charge in [0.05, 0.1) is 9.74 Å². The number of rotatable bonds is 2. The summed E-state index contributed by atoms with van der Waals surface area (Å²) in [5, 5.41) is 0. The molecule has 0 bridgehead atoms. The molecule has 2 N–H and O–H groups in total. The van der Waals surface area contributed by atoms with Crippen LogP contribution in [0.1, 0.15) is 33.6 Å². The number of nitrogens with zero attached hydrogens (tertiary/aromatic N) is 1. The Bertz CT molecular complexity index is 331. The number of hydrogen-bond donors (Lipinski definition) is 1. The van der Waals surface area contributed by atoms with Crippen molar-refractivity contribution in [3.05, 3.63) is 0 Å². The zero-order valence-corrected chi connectivity index (χ0v) is 13.1. The second-order valence-corrected chi connectivity index (χ2v) is 7.16. The fraction of sp³-hybridized carbons (Fsp3) is 0.833. The van der Waals surface area contributed by atoms with E-state index in [0.717, 1.165) is 12.8 Å². The Hall–Kier alpha value is -0.490. The summed E-state index contributed by atoms with van der Waals surface area (Å²) < 4.78 is 5.20. The average Bonchev–Trinajstić information content (AvgIpc) is 2.26. The molecular formula is C12H22N2O2S2. The number of thioether (sulfide) groups is 1. The molecule has 1 heterocycles. The van der Waals surface area contributed by atoms with Crippen molar-refractivity contribution in [3.8, 4) is 0 Å². The molecule has 0 spiro atoms. The summed E-state index contributed by atoms with van der Waals surface area (Å²) in [5.74, 6) is 0. The van der Waals surface area contributed by atoms with Crippen LogP contribution in [0, 0.1) is 0 Å². The smallest absolute Gasteiger partial charge is 0.410 e. The van der Waals surface area contributed by atoms with Crippen LogP contribution in [0.2, 0.25) is 0 Å². The zero-order chi connectivity index (χ0) is 14.0. The Kier molecular flexibility index (Phi) is 4.89. The maximum absolute atomic E-state index is 11.9. The molecule has 0 aromatic carbocycles. The molecule has 1 rings (SSSR count). The minimum absolute atomic E-state index is 0.159. The molecule has 1 aliphatic heterocycles. The lowest BCUT2D eigenvalue weighted by Gasteiger charge is -2.40. The maximum Gasteiger partial charge on any atom is 0.410 e. The lowest BCUT2D eigenvalue weighted by Crippen LogP contribution is -2.51. The number of amides is 1. The van der Waals surface area contributed by atoms with Gasteiger partial charge >= 0.3 is 6.09 Å². The standard InChI is InChI=1S/C12H22N2O2S2/c1-11(2,3)16-10(15)14-7-5-12(18-4,6-8-14)9(13)17/h5-8H2,1-4H3,(H2,13,17). The normalized spacial score (nSPS) is 19.4. The van der Waals surface area contributed by atoms with Crippen molar-refractivity contribution in [2.45, 2.75) is 44.0 Å². The molecule has 1 saturated heterocycles. The highest BCUT2D eigenvalue weighted by Crippen LogP contribution is 2.35. The topological polar surface area (TPSA) is 55.6 Å².